The van der Waals surface area contributed by atoms with E-state index in [1.165, 1.54) is 11.3 Å². The maximum atomic E-state index is 12.2. The van der Waals surface area contributed by atoms with Crippen molar-refractivity contribution in [1.29, 1.82) is 0 Å². The summed E-state index contributed by atoms with van der Waals surface area (Å²) in [6.07, 6.45) is 0.141. The van der Waals surface area contributed by atoms with Gasteiger partial charge in [-0.25, -0.2) is 0 Å². The highest BCUT2D eigenvalue weighted by molar-refractivity contribution is 7.15. The van der Waals surface area contributed by atoms with Crippen LogP contribution in [0.25, 0.3) is 0 Å². The van der Waals surface area contributed by atoms with Crippen molar-refractivity contribution in [2.45, 2.75) is 19.4 Å². The van der Waals surface area contributed by atoms with Gasteiger partial charge >= 0.3 is 0 Å². The highest BCUT2D eigenvalue weighted by atomic mass is 32.1. The van der Waals surface area contributed by atoms with Crippen LogP contribution in [0, 0.1) is 0 Å². The van der Waals surface area contributed by atoms with Crippen LogP contribution < -0.4 is 14.8 Å². The normalized spacial score (nSPS) is 12.0. The summed E-state index contributed by atoms with van der Waals surface area (Å²) in [6, 6.07) is 7.12. The van der Waals surface area contributed by atoms with Crippen molar-refractivity contribution in [1.82, 2.24) is 15.1 Å². The van der Waals surface area contributed by atoms with Crippen LogP contribution in [0.2, 0.25) is 0 Å². The number of aromatic nitrogens is 2. The molecule has 0 saturated carbocycles. The predicted octanol–water partition coefficient (Wildman–Crippen LogP) is 2.06. The molecule has 0 aliphatic carbocycles. The Kier molecular flexibility index (Phi) is 6.51. The second kappa shape index (κ2) is 8.60. The summed E-state index contributed by atoms with van der Waals surface area (Å²) in [6.45, 7) is 2.57. The molecule has 1 atom stereocenters. The molecule has 1 N–H and O–H groups in total. The van der Waals surface area contributed by atoms with Crippen molar-refractivity contribution in [3.05, 3.63) is 29.3 Å². The molecule has 0 saturated heterocycles. The second-order valence-electron chi connectivity index (χ2n) is 5.48. The molecule has 1 amide bonds. The third kappa shape index (κ3) is 5.47. The molecule has 2 rings (SSSR count). The zero-order chi connectivity index (χ0) is 17.5. The van der Waals surface area contributed by atoms with Gasteiger partial charge in [-0.15, -0.1) is 10.2 Å². The van der Waals surface area contributed by atoms with E-state index in [4.69, 9.17) is 9.47 Å². The first-order valence-corrected chi connectivity index (χ1v) is 8.38. The van der Waals surface area contributed by atoms with Crippen LogP contribution in [0.5, 0.6) is 11.5 Å². The van der Waals surface area contributed by atoms with Crippen LogP contribution in [0.1, 0.15) is 11.9 Å². The van der Waals surface area contributed by atoms with Gasteiger partial charge in [0, 0.05) is 19.0 Å². The van der Waals surface area contributed by atoms with Gasteiger partial charge in [0.2, 0.25) is 5.13 Å². The van der Waals surface area contributed by atoms with Gasteiger partial charge in [-0.1, -0.05) is 17.4 Å². The average molecular weight is 350 g/mol. The van der Waals surface area contributed by atoms with Crippen molar-refractivity contribution < 1.29 is 14.3 Å². The van der Waals surface area contributed by atoms with Gasteiger partial charge in [-0.2, -0.15) is 0 Å². The minimum absolute atomic E-state index is 0.270. The molecular formula is C16H22N4O3S. The molecule has 1 unspecified atom stereocenters. The Balaban J connectivity index is 1.89. The zero-order valence-corrected chi connectivity index (χ0v) is 15.1. The molecule has 0 aliphatic heterocycles. The van der Waals surface area contributed by atoms with Crippen molar-refractivity contribution >= 4 is 22.4 Å². The molecule has 130 valence electrons. The number of nitrogens with one attached hydrogen (secondary N) is 1. The number of anilines is 1. The highest BCUT2D eigenvalue weighted by Crippen LogP contribution is 2.21. The fourth-order valence-electron chi connectivity index (χ4n) is 1.86. The van der Waals surface area contributed by atoms with E-state index in [0.717, 1.165) is 18.0 Å². The maximum Gasteiger partial charge on any atom is 0.266 e. The first kappa shape index (κ1) is 18.2. The second-order valence-corrected chi connectivity index (χ2v) is 6.54. The first-order valence-electron chi connectivity index (χ1n) is 7.56. The number of methoxy groups -OCH3 is 1. The molecule has 0 fully saturated rings. The summed E-state index contributed by atoms with van der Waals surface area (Å²) in [5, 5.41) is 12.2. The summed E-state index contributed by atoms with van der Waals surface area (Å²) in [7, 11) is 5.58. The minimum atomic E-state index is -0.661. The molecule has 7 nitrogen and oxygen atoms in total. The molecule has 0 radical (unpaired) electrons. The topological polar surface area (TPSA) is 76.6 Å². The van der Waals surface area contributed by atoms with Crippen molar-refractivity contribution in [3.63, 3.8) is 0 Å². The lowest BCUT2D eigenvalue weighted by Gasteiger charge is -2.14. The van der Waals surface area contributed by atoms with Gasteiger partial charge in [-0.3, -0.25) is 10.1 Å². The standard InChI is InChI=1S/C16H22N4O3S/c1-11(23-13-7-5-6-12(10-13)22-4)15(21)17-16-19-18-14(24-16)8-9-20(2)3/h5-7,10-11H,8-9H2,1-4H3,(H,17,19,21). The number of amides is 1. The van der Waals surface area contributed by atoms with E-state index in [1.54, 1.807) is 32.2 Å². The monoisotopic (exact) mass is 350 g/mol. The summed E-state index contributed by atoms with van der Waals surface area (Å²) >= 11 is 1.38. The SMILES string of the molecule is COc1cccc(OC(C)C(=O)Nc2nnc(CCN(C)C)s2)c1. The number of nitrogens with zero attached hydrogens (tertiary/aromatic N) is 3. The highest BCUT2D eigenvalue weighted by Gasteiger charge is 2.17. The van der Waals surface area contributed by atoms with E-state index in [1.807, 2.05) is 20.2 Å². The molecule has 0 aliphatic rings. The fraction of sp³-hybridized carbons (Fsp3) is 0.438. The van der Waals surface area contributed by atoms with Crippen LogP contribution in [-0.4, -0.2) is 54.9 Å². The average Bonchev–Trinajstić information content (AvgIpc) is 3.00. The molecule has 1 aromatic carbocycles. The van der Waals surface area contributed by atoms with Gasteiger partial charge in [0.15, 0.2) is 6.10 Å². The number of carbonyl (C=O) groups excluding carboxylic acids is 1. The Bertz CT molecular complexity index is 675. The molecule has 1 heterocycles. The zero-order valence-electron chi connectivity index (χ0n) is 14.3. The molecule has 2 aromatic rings. The number of hydrogen-bond donors (Lipinski definition) is 1. The Morgan fingerprint density at radius 3 is 2.79 bits per heavy atom. The molecule has 1 aromatic heterocycles. The van der Waals surface area contributed by atoms with Crippen molar-refractivity contribution in [3.8, 4) is 11.5 Å². The Morgan fingerprint density at radius 1 is 1.33 bits per heavy atom. The first-order chi connectivity index (χ1) is 11.5. The van der Waals surface area contributed by atoms with Crippen LogP contribution in [0.3, 0.4) is 0 Å². The number of ether oxygens (including phenoxy) is 2. The minimum Gasteiger partial charge on any atom is -0.497 e. The van der Waals surface area contributed by atoms with Crippen LogP contribution >= 0.6 is 11.3 Å². The van der Waals surface area contributed by atoms with Crippen LogP contribution in [0.15, 0.2) is 24.3 Å². The van der Waals surface area contributed by atoms with E-state index in [2.05, 4.69) is 20.4 Å². The fourth-order valence-corrected chi connectivity index (χ4v) is 2.60. The third-order valence-electron chi connectivity index (χ3n) is 3.19. The maximum absolute atomic E-state index is 12.2. The summed E-state index contributed by atoms with van der Waals surface area (Å²) in [4.78, 5) is 14.3. The summed E-state index contributed by atoms with van der Waals surface area (Å²) < 4.78 is 10.8. The number of benzene rings is 1. The third-order valence-corrected chi connectivity index (χ3v) is 4.09. The Morgan fingerprint density at radius 2 is 2.08 bits per heavy atom. The van der Waals surface area contributed by atoms with Crippen LogP contribution in [0.4, 0.5) is 5.13 Å². The number of carbonyl (C=O) groups is 1. The van der Waals surface area contributed by atoms with E-state index < -0.39 is 6.10 Å². The quantitative estimate of drug-likeness (QED) is 0.785. The van der Waals surface area contributed by atoms with E-state index in [9.17, 15) is 4.79 Å². The van der Waals surface area contributed by atoms with E-state index >= 15 is 0 Å². The summed E-state index contributed by atoms with van der Waals surface area (Å²) in [5.41, 5.74) is 0. The van der Waals surface area contributed by atoms with Gasteiger partial charge < -0.3 is 14.4 Å². The van der Waals surface area contributed by atoms with E-state index in [-0.39, 0.29) is 5.91 Å². The van der Waals surface area contributed by atoms with Gasteiger partial charge in [0.25, 0.3) is 5.91 Å². The molecular weight excluding hydrogens is 328 g/mol. The van der Waals surface area contributed by atoms with Gasteiger partial charge in [-0.05, 0) is 33.2 Å². The largest absolute Gasteiger partial charge is 0.497 e. The number of likely N-dealkylation sites (N-methyl/N-ethyl adjacent to an activating group) is 1. The predicted molar refractivity (Wildman–Crippen MR) is 93.9 cm³/mol. The van der Waals surface area contributed by atoms with Gasteiger partial charge in [0.1, 0.15) is 16.5 Å². The Hall–Kier alpha value is -2.19. The van der Waals surface area contributed by atoms with Crippen molar-refractivity contribution in [2.24, 2.45) is 0 Å². The smallest absolute Gasteiger partial charge is 0.266 e. The number of rotatable bonds is 8. The molecule has 0 spiro atoms. The molecule has 0 bridgehead atoms. The van der Waals surface area contributed by atoms with E-state index in [0.29, 0.717) is 16.6 Å². The van der Waals surface area contributed by atoms with Crippen molar-refractivity contribution in [2.75, 3.05) is 33.1 Å². The lowest BCUT2D eigenvalue weighted by molar-refractivity contribution is -0.122. The molecule has 24 heavy (non-hydrogen) atoms. The lowest BCUT2D eigenvalue weighted by Crippen LogP contribution is -2.30. The molecule has 8 heteroatoms. The number of hydrogen-bond acceptors (Lipinski definition) is 7. The summed E-state index contributed by atoms with van der Waals surface area (Å²) in [5.74, 6) is 0.976. The lowest BCUT2D eigenvalue weighted by atomic mass is 10.3. The Labute approximate surface area is 145 Å². The van der Waals surface area contributed by atoms with Gasteiger partial charge in [0.05, 0.1) is 7.11 Å². The van der Waals surface area contributed by atoms with Crippen LogP contribution in [-0.2, 0) is 11.2 Å².